The van der Waals surface area contributed by atoms with Crippen molar-refractivity contribution in [3.63, 3.8) is 0 Å². The van der Waals surface area contributed by atoms with Gasteiger partial charge in [-0.05, 0) is 49.1 Å². The highest BCUT2D eigenvalue weighted by Crippen LogP contribution is 2.32. The van der Waals surface area contributed by atoms with E-state index in [2.05, 4.69) is 15.3 Å². The maximum Gasteiger partial charge on any atom is 0.258 e. The van der Waals surface area contributed by atoms with Gasteiger partial charge in [0.05, 0.1) is 11.3 Å². The lowest BCUT2D eigenvalue weighted by molar-refractivity contribution is 0.0962. The van der Waals surface area contributed by atoms with Crippen molar-refractivity contribution < 1.29 is 14.0 Å². The Morgan fingerprint density at radius 1 is 1.07 bits per heavy atom. The number of carbonyl (C=O) groups excluding carboxylic acids is 2. The second kappa shape index (κ2) is 7.31. The Kier molecular flexibility index (Phi) is 4.69. The molecule has 1 unspecified atom stereocenters. The molecule has 5 nitrogen and oxygen atoms in total. The molecular weight excluding hydrogens is 357 g/mol. The number of nitrogens with zero attached hydrogens (tertiary/aromatic N) is 2. The molecule has 3 aromatic rings. The van der Waals surface area contributed by atoms with E-state index in [0.29, 0.717) is 29.7 Å². The lowest BCUT2D eigenvalue weighted by atomic mass is 9.82. The van der Waals surface area contributed by atoms with Gasteiger partial charge >= 0.3 is 0 Å². The average molecular weight is 375 g/mol. The number of carbonyl (C=O) groups is 2. The number of amides is 1. The Balaban J connectivity index is 1.56. The molecule has 1 N–H and O–H groups in total. The fourth-order valence-corrected chi connectivity index (χ4v) is 3.35. The standard InChI is InChI=1S/C22H18FN3O2/c1-13-2-4-14(5-3-13)16-10-19-18(20(27)11-16)12-24-22(25-19)26-21(28)15-6-8-17(23)9-7-15/h2-9,12,16H,10-11H2,1H3,(H,24,25,26,28). The summed E-state index contributed by atoms with van der Waals surface area (Å²) in [5.74, 6) is -0.663. The number of anilines is 1. The maximum atomic E-state index is 13.0. The number of ketones is 1. The van der Waals surface area contributed by atoms with Crippen LogP contribution >= 0.6 is 0 Å². The van der Waals surface area contributed by atoms with Crippen LogP contribution in [0.5, 0.6) is 0 Å². The zero-order valence-electron chi connectivity index (χ0n) is 15.3. The van der Waals surface area contributed by atoms with Crippen molar-refractivity contribution in [2.24, 2.45) is 0 Å². The number of hydrogen-bond acceptors (Lipinski definition) is 4. The molecule has 1 heterocycles. The first-order valence-corrected chi connectivity index (χ1v) is 9.02. The number of nitrogens with one attached hydrogen (secondary N) is 1. The predicted octanol–water partition coefficient (Wildman–Crippen LogP) is 4.09. The van der Waals surface area contributed by atoms with E-state index in [1.807, 2.05) is 31.2 Å². The highest BCUT2D eigenvalue weighted by Gasteiger charge is 2.28. The van der Waals surface area contributed by atoms with Crippen LogP contribution in [0, 0.1) is 12.7 Å². The monoisotopic (exact) mass is 375 g/mol. The summed E-state index contributed by atoms with van der Waals surface area (Å²) < 4.78 is 13.0. The first kappa shape index (κ1) is 18.0. The molecular formula is C22H18FN3O2. The molecule has 140 valence electrons. The van der Waals surface area contributed by atoms with Gasteiger partial charge in [-0.1, -0.05) is 29.8 Å². The summed E-state index contributed by atoms with van der Waals surface area (Å²) in [6, 6.07) is 13.3. The SMILES string of the molecule is Cc1ccc(C2CC(=O)c3cnc(NC(=O)c4ccc(F)cc4)nc3C2)cc1. The van der Waals surface area contributed by atoms with E-state index in [9.17, 15) is 14.0 Å². The summed E-state index contributed by atoms with van der Waals surface area (Å²) in [4.78, 5) is 33.3. The highest BCUT2D eigenvalue weighted by atomic mass is 19.1. The molecule has 0 bridgehead atoms. The largest absolute Gasteiger partial charge is 0.294 e. The third-order valence-electron chi connectivity index (χ3n) is 4.92. The van der Waals surface area contributed by atoms with Crippen LogP contribution in [0.2, 0.25) is 0 Å². The number of benzene rings is 2. The Hall–Kier alpha value is -3.41. The molecule has 1 aliphatic carbocycles. The second-order valence-electron chi connectivity index (χ2n) is 6.95. The van der Waals surface area contributed by atoms with E-state index in [1.165, 1.54) is 36.0 Å². The van der Waals surface area contributed by atoms with Gasteiger partial charge < -0.3 is 0 Å². The van der Waals surface area contributed by atoms with Gasteiger partial charge in [0.2, 0.25) is 5.95 Å². The summed E-state index contributed by atoms with van der Waals surface area (Å²) >= 11 is 0. The van der Waals surface area contributed by atoms with Crippen LogP contribution in [0.1, 0.15) is 49.9 Å². The number of aryl methyl sites for hydroxylation is 1. The van der Waals surface area contributed by atoms with E-state index in [4.69, 9.17) is 0 Å². The summed E-state index contributed by atoms with van der Waals surface area (Å²) in [5.41, 5.74) is 3.70. The van der Waals surface area contributed by atoms with E-state index in [1.54, 1.807) is 0 Å². The Bertz CT molecular complexity index is 1050. The van der Waals surface area contributed by atoms with Crippen molar-refractivity contribution in [1.82, 2.24) is 9.97 Å². The molecule has 0 saturated heterocycles. The molecule has 0 aliphatic heterocycles. The minimum Gasteiger partial charge on any atom is -0.294 e. The van der Waals surface area contributed by atoms with Crippen molar-refractivity contribution >= 4 is 17.6 Å². The summed E-state index contributed by atoms with van der Waals surface area (Å²) in [6.45, 7) is 2.02. The van der Waals surface area contributed by atoms with Crippen LogP contribution in [0.4, 0.5) is 10.3 Å². The Labute approximate surface area is 161 Å². The fourth-order valence-electron chi connectivity index (χ4n) is 3.35. The molecule has 1 aliphatic rings. The lowest BCUT2D eigenvalue weighted by Crippen LogP contribution is -2.22. The van der Waals surface area contributed by atoms with E-state index >= 15 is 0 Å². The Morgan fingerprint density at radius 3 is 2.50 bits per heavy atom. The van der Waals surface area contributed by atoms with Gasteiger partial charge in [-0.3, -0.25) is 14.9 Å². The van der Waals surface area contributed by atoms with Gasteiger partial charge in [-0.15, -0.1) is 0 Å². The van der Waals surface area contributed by atoms with Crippen LogP contribution in [-0.2, 0) is 6.42 Å². The third-order valence-corrected chi connectivity index (χ3v) is 4.92. The molecule has 0 saturated carbocycles. The van der Waals surface area contributed by atoms with Gasteiger partial charge in [0, 0.05) is 18.2 Å². The van der Waals surface area contributed by atoms with Crippen molar-refractivity contribution in [3.8, 4) is 0 Å². The minimum absolute atomic E-state index is 0.00300. The van der Waals surface area contributed by atoms with Crippen LogP contribution in [-0.4, -0.2) is 21.7 Å². The molecule has 1 amide bonds. The van der Waals surface area contributed by atoms with Gasteiger partial charge in [0.25, 0.3) is 5.91 Å². The van der Waals surface area contributed by atoms with Crippen LogP contribution in [0.3, 0.4) is 0 Å². The minimum atomic E-state index is -0.433. The first-order valence-electron chi connectivity index (χ1n) is 9.02. The van der Waals surface area contributed by atoms with E-state index < -0.39 is 11.7 Å². The Morgan fingerprint density at radius 2 is 1.79 bits per heavy atom. The topological polar surface area (TPSA) is 72.0 Å². The molecule has 0 spiro atoms. The highest BCUT2D eigenvalue weighted by molar-refractivity contribution is 6.03. The third kappa shape index (κ3) is 3.67. The molecule has 0 radical (unpaired) electrons. The van der Waals surface area contributed by atoms with Crippen molar-refractivity contribution in [2.45, 2.75) is 25.7 Å². The van der Waals surface area contributed by atoms with E-state index in [-0.39, 0.29) is 17.6 Å². The molecule has 28 heavy (non-hydrogen) atoms. The van der Waals surface area contributed by atoms with Gasteiger partial charge in [-0.25, -0.2) is 14.4 Å². The summed E-state index contributed by atoms with van der Waals surface area (Å²) in [5, 5.41) is 2.61. The number of hydrogen-bond donors (Lipinski definition) is 1. The summed E-state index contributed by atoms with van der Waals surface area (Å²) in [6.07, 6.45) is 2.49. The van der Waals surface area contributed by atoms with E-state index in [0.717, 1.165) is 5.56 Å². The molecule has 1 aromatic heterocycles. The number of fused-ring (bicyclic) bond motifs is 1. The normalized spacial score (nSPS) is 15.8. The van der Waals surface area contributed by atoms with Crippen molar-refractivity contribution in [1.29, 1.82) is 0 Å². The van der Waals surface area contributed by atoms with Gasteiger partial charge in [0.1, 0.15) is 5.82 Å². The molecule has 0 fully saturated rings. The number of aromatic nitrogens is 2. The predicted molar refractivity (Wildman–Crippen MR) is 103 cm³/mol. The van der Waals surface area contributed by atoms with Crippen molar-refractivity contribution in [3.05, 3.63) is 88.5 Å². The van der Waals surface area contributed by atoms with Gasteiger partial charge in [-0.2, -0.15) is 0 Å². The van der Waals surface area contributed by atoms with Crippen LogP contribution in [0.25, 0.3) is 0 Å². The first-order chi connectivity index (χ1) is 13.5. The zero-order valence-corrected chi connectivity index (χ0v) is 15.3. The molecule has 6 heteroatoms. The van der Waals surface area contributed by atoms with Crippen LogP contribution in [0.15, 0.2) is 54.7 Å². The zero-order chi connectivity index (χ0) is 19.7. The lowest BCUT2D eigenvalue weighted by Gasteiger charge is -2.23. The van der Waals surface area contributed by atoms with Gasteiger partial charge in [0.15, 0.2) is 5.78 Å². The maximum absolute atomic E-state index is 13.0. The second-order valence-corrected chi connectivity index (χ2v) is 6.95. The number of halogens is 1. The molecule has 1 atom stereocenters. The molecule has 2 aromatic carbocycles. The van der Waals surface area contributed by atoms with Crippen LogP contribution < -0.4 is 5.32 Å². The number of Topliss-reactive ketones (excluding diaryl/α,β-unsaturated/α-hetero) is 1. The van der Waals surface area contributed by atoms with Crippen molar-refractivity contribution in [2.75, 3.05) is 5.32 Å². The summed E-state index contributed by atoms with van der Waals surface area (Å²) in [7, 11) is 0. The fraction of sp³-hybridized carbons (Fsp3) is 0.182. The quantitative estimate of drug-likeness (QED) is 0.748. The molecule has 4 rings (SSSR count). The number of rotatable bonds is 3. The average Bonchev–Trinajstić information content (AvgIpc) is 2.68. The smallest absolute Gasteiger partial charge is 0.258 e.